The zero-order valence-corrected chi connectivity index (χ0v) is 8.51. The lowest BCUT2D eigenvalue weighted by molar-refractivity contribution is 0.187. The van der Waals surface area contributed by atoms with Crippen molar-refractivity contribution < 1.29 is 13.9 Å². The minimum atomic E-state index is -0.596. The van der Waals surface area contributed by atoms with Crippen molar-refractivity contribution in [1.82, 2.24) is 9.97 Å². The minimum Gasteiger partial charge on any atom is -0.453 e. The molecule has 0 atom stereocenters. The van der Waals surface area contributed by atoms with Gasteiger partial charge in [0.15, 0.2) is 5.82 Å². The van der Waals surface area contributed by atoms with Gasteiger partial charge < -0.3 is 9.15 Å². The molecule has 82 valence electrons. The molecule has 2 rings (SSSR count). The highest BCUT2D eigenvalue weighted by atomic mass is 16.5. The molecule has 0 unspecified atom stereocenters. The van der Waals surface area contributed by atoms with Crippen LogP contribution in [0.5, 0.6) is 0 Å². The van der Waals surface area contributed by atoms with Gasteiger partial charge in [0.1, 0.15) is 12.0 Å². The van der Waals surface area contributed by atoms with E-state index in [0.29, 0.717) is 11.6 Å². The van der Waals surface area contributed by atoms with Crippen LogP contribution in [0, 0.1) is 0 Å². The number of amides is 1. The van der Waals surface area contributed by atoms with Gasteiger partial charge in [0, 0.05) is 6.20 Å². The van der Waals surface area contributed by atoms with Crippen LogP contribution in [0.15, 0.2) is 35.1 Å². The smallest absolute Gasteiger partial charge is 0.412 e. The summed E-state index contributed by atoms with van der Waals surface area (Å²) in [6.45, 7) is 0. The Morgan fingerprint density at radius 3 is 3.06 bits per heavy atom. The number of anilines is 1. The number of pyridine rings is 1. The van der Waals surface area contributed by atoms with Crippen LogP contribution in [0.3, 0.4) is 0 Å². The molecule has 0 saturated carbocycles. The number of nitrogens with one attached hydrogen (secondary N) is 1. The first kappa shape index (κ1) is 10.2. The summed E-state index contributed by atoms with van der Waals surface area (Å²) in [5, 5.41) is 2.39. The molecule has 0 aliphatic heterocycles. The predicted molar refractivity (Wildman–Crippen MR) is 55.8 cm³/mol. The third-order valence-electron chi connectivity index (χ3n) is 1.80. The number of carbonyl (C=O) groups is 1. The summed E-state index contributed by atoms with van der Waals surface area (Å²) in [6, 6.07) is 5.37. The molecule has 0 aliphatic rings. The summed E-state index contributed by atoms with van der Waals surface area (Å²) in [5.74, 6) is 0.625. The summed E-state index contributed by atoms with van der Waals surface area (Å²) < 4.78 is 9.57. The van der Waals surface area contributed by atoms with Gasteiger partial charge in [0.2, 0.25) is 5.89 Å². The Morgan fingerprint density at radius 2 is 2.38 bits per heavy atom. The van der Waals surface area contributed by atoms with E-state index >= 15 is 0 Å². The topological polar surface area (TPSA) is 77.2 Å². The van der Waals surface area contributed by atoms with E-state index in [9.17, 15) is 4.79 Å². The predicted octanol–water partition coefficient (Wildman–Crippen LogP) is 1.91. The first-order chi connectivity index (χ1) is 7.79. The van der Waals surface area contributed by atoms with Crippen molar-refractivity contribution in [2.24, 2.45) is 0 Å². The highest BCUT2D eigenvalue weighted by Crippen LogP contribution is 2.17. The van der Waals surface area contributed by atoms with E-state index < -0.39 is 6.09 Å². The van der Waals surface area contributed by atoms with Crippen molar-refractivity contribution >= 4 is 11.9 Å². The van der Waals surface area contributed by atoms with Crippen molar-refractivity contribution in [2.45, 2.75) is 0 Å². The Labute approximate surface area is 91.3 Å². The third-order valence-corrected chi connectivity index (χ3v) is 1.80. The molecule has 0 aromatic carbocycles. The average Bonchev–Trinajstić information content (AvgIpc) is 2.78. The van der Waals surface area contributed by atoms with Crippen LogP contribution >= 0.6 is 0 Å². The van der Waals surface area contributed by atoms with E-state index in [0.717, 1.165) is 0 Å². The normalized spacial score (nSPS) is 9.81. The standard InChI is InChI=1S/C10H9N3O3/c1-15-10(14)13-8-6-16-9(12-8)7-4-2-3-5-11-7/h2-6H,1H3,(H,13,14). The van der Waals surface area contributed by atoms with Gasteiger partial charge in [-0.25, -0.2) is 4.79 Å². The molecular formula is C10H9N3O3. The third kappa shape index (κ3) is 2.17. The molecule has 2 heterocycles. The van der Waals surface area contributed by atoms with Gasteiger partial charge in [-0.1, -0.05) is 6.07 Å². The number of aromatic nitrogens is 2. The molecule has 0 bridgehead atoms. The van der Waals surface area contributed by atoms with Gasteiger partial charge in [-0.05, 0) is 12.1 Å². The number of methoxy groups -OCH3 is 1. The first-order valence-electron chi connectivity index (χ1n) is 4.51. The zero-order valence-electron chi connectivity index (χ0n) is 8.51. The van der Waals surface area contributed by atoms with E-state index in [-0.39, 0.29) is 5.82 Å². The number of rotatable bonds is 2. The second kappa shape index (κ2) is 4.43. The van der Waals surface area contributed by atoms with Crippen molar-refractivity contribution in [3.8, 4) is 11.6 Å². The molecule has 1 amide bonds. The Hall–Kier alpha value is -2.37. The van der Waals surface area contributed by atoms with E-state index in [1.165, 1.54) is 13.4 Å². The summed E-state index contributed by atoms with van der Waals surface area (Å²) >= 11 is 0. The molecule has 0 aliphatic carbocycles. The average molecular weight is 219 g/mol. The number of hydrogen-bond donors (Lipinski definition) is 1. The number of ether oxygens (including phenoxy) is 1. The Kier molecular flexibility index (Phi) is 2.81. The minimum absolute atomic E-state index is 0.285. The van der Waals surface area contributed by atoms with Crippen molar-refractivity contribution in [2.75, 3.05) is 12.4 Å². The quantitative estimate of drug-likeness (QED) is 0.834. The fourth-order valence-corrected chi connectivity index (χ4v) is 1.09. The van der Waals surface area contributed by atoms with Gasteiger partial charge in [0.25, 0.3) is 0 Å². The molecule has 16 heavy (non-hydrogen) atoms. The number of carbonyl (C=O) groups excluding carboxylic acids is 1. The van der Waals surface area contributed by atoms with E-state index in [2.05, 4.69) is 20.0 Å². The summed E-state index contributed by atoms with van der Waals surface area (Å²) in [4.78, 5) is 19.0. The largest absolute Gasteiger partial charge is 0.453 e. The van der Waals surface area contributed by atoms with Gasteiger partial charge in [0.05, 0.1) is 7.11 Å². The van der Waals surface area contributed by atoms with E-state index in [1.807, 2.05) is 6.07 Å². The second-order valence-electron chi connectivity index (χ2n) is 2.87. The Balaban J connectivity index is 2.17. The Bertz CT molecular complexity index is 481. The van der Waals surface area contributed by atoms with Crippen molar-refractivity contribution in [3.05, 3.63) is 30.7 Å². The molecule has 0 spiro atoms. The molecule has 0 radical (unpaired) electrons. The van der Waals surface area contributed by atoms with Crippen LogP contribution in [-0.2, 0) is 4.74 Å². The highest BCUT2D eigenvalue weighted by Gasteiger charge is 2.09. The maximum Gasteiger partial charge on any atom is 0.412 e. The molecule has 6 heteroatoms. The van der Waals surface area contributed by atoms with Crippen LogP contribution < -0.4 is 5.32 Å². The maximum atomic E-state index is 10.9. The summed E-state index contributed by atoms with van der Waals surface area (Å²) in [7, 11) is 1.27. The first-order valence-corrected chi connectivity index (χ1v) is 4.51. The summed E-state index contributed by atoms with van der Waals surface area (Å²) in [5.41, 5.74) is 0.598. The molecular weight excluding hydrogens is 210 g/mol. The monoisotopic (exact) mass is 219 g/mol. The molecule has 2 aromatic rings. The van der Waals surface area contributed by atoms with Gasteiger partial charge in [-0.15, -0.1) is 0 Å². The molecule has 0 saturated heterocycles. The van der Waals surface area contributed by atoms with Crippen LogP contribution in [0.2, 0.25) is 0 Å². The van der Waals surface area contributed by atoms with Crippen molar-refractivity contribution in [1.29, 1.82) is 0 Å². The van der Waals surface area contributed by atoms with Crippen LogP contribution in [0.25, 0.3) is 11.6 Å². The molecule has 0 fully saturated rings. The van der Waals surface area contributed by atoms with Gasteiger partial charge in [-0.2, -0.15) is 4.98 Å². The van der Waals surface area contributed by atoms with Gasteiger partial charge >= 0.3 is 6.09 Å². The lowest BCUT2D eigenvalue weighted by Gasteiger charge is -1.96. The number of nitrogens with zero attached hydrogens (tertiary/aromatic N) is 2. The van der Waals surface area contributed by atoms with Crippen LogP contribution in [0.4, 0.5) is 10.6 Å². The lowest BCUT2D eigenvalue weighted by atomic mass is 10.3. The van der Waals surface area contributed by atoms with Crippen LogP contribution in [0.1, 0.15) is 0 Å². The zero-order chi connectivity index (χ0) is 11.4. The van der Waals surface area contributed by atoms with Crippen molar-refractivity contribution in [3.63, 3.8) is 0 Å². The lowest BCUT2D eigenvalue weighted by Crippen LogP contribution is -2.10. The SMILES string of the molecule is COC(=O)Nc1coc(-c2ccccn2)n1. The fourth-order valence-electron chi connectivity index (χ4n) is 1.09. The maximum absolute atomic E-state index is 10.9. The fraction of sp³-hybridized carbons (Fsp3) is 0.100. The van der Waals surface area contributed by atoms with Gasteiger partial charge in [-0.3, -0.25) is 10.3 Å². The summed E-state index contributed by atoms with van der Waals surface area (Å²) in [6.07, 6.45) is 2.36. The van der Waals surface area contributed by atoms with Crippen LogP contribution in [-0.4, -0.2) is 23.2 Å². The highest BCUT2D eigenvalue weighted by molar-refractivity contribution is 5.83. The van der Waals surface area contributed by atoms with E-state index in [1.54, 1.807) is 18.3 Å². The molecule has 6 nitrogen and oxygen atoms in total. The number of hydrogen-bond acceptors (Lipinski definition) is 5. The van der Waals surface area contributed by atoms with E-state index in [4.69, 9.17) is 4.42 Å². The molecule has 1 N–H and O–H groups in total. The Morgan fingerprint density at radius 1 is 1.50 bits per heavy atom. The molecule has 2 aromatic heterocycles. The number of oxazole rings is 1. The second-order valence-corrected chi connectivity index (χ2v) is 2.87.